The molecular weight excluding hydrogens is 310 g/mol. The highest BCUT2D eigenvalue weighted by atomic mass is 16.1. The van der Waals surface area contributed by atoms with Gasteiger partial charge in [0.15, 0.2) is 5.43 Å². The van der Waals surface area contributed by atoms with E-state index < -0.39 is 0 Å². The number of aromatic amines is 1. The number of H-pyrrole nitrogens is 1. The van der Waals surface area contributed by atoms with Crippen LogP contribution in [0.4, 0.5) is 0 Å². The van der Waals surface area contributed by atoms with Gasteiger partial charge < -0.3 is 10.3 Å². The van der Waals surface area contributed by atoms with E-state index in [0.29, 0.717) is 0 Å². The average molecular weight is 337 g/mol. The third-order valence-corrected chi connectivity index (χ3v) is 5.91. The zero-order chi connectivity index (χ0) is 17.1. The summed E-state index contributed by atoms with van der Waals surface area (Å²) in [7, 11) is 0. The highest BCUT2D eigenvalue weighted by molar-refractivity contribution is 5.58. The van der Waals surface area contributed by atoms with Crippen LogP contribution in [0.1, 0.15) is 37.7 Å². The van der Waals surface area contributed by atoms with Crippen LogP contribution in [0.3, 0.4) is 0 Å². The maximum Gasteiger partial charge on any atom is 0.186 e. The molecule has 2 N–H and O–H groups in total. The Hall–Kier alpha value is -1.91. The fraction of sp³-hybridized carbons (Fsp3) is 0.476. The zero-order valence-electron chi connectivity index (χ0n) is 14.8. The zero-order valence-corrected chi connectivity index (χ0v) is 14.8. The molecule has 0 atom stereocenters. The molecule has 1 aromatic heterocycles. The first kappa shape index (κ1) is 16.6. The molecule has 0 bridgehead atoms. The van der Waals surface area contributed by atoms with Gasteiger partial charge in [-0.25, -0.2) is 0 Å². The lowest BCUT2D eigenvalue weighted by molar-refractivity contribution is 0.0206. The Bertz CT molecular complexity index is 754. The van der Waals surface area contributed by atoms with E-state index in [4.69, 9.17) is 0 Å². The van der Waals surface area contributed by atoms with Gasteiger partial charge in [-0.3, -0.25) is 9.69 Å². The number of pyridine rings is 1. The molecule has 2 aromatic rings. The van der Waals surface area contributed by atoms with Gasteiger partial charge in [-0.1, -0.05) is 49.6 Å². The predicted octanol–water partition coefficient (Wildman–Crippen LogP) is 3.15. The Balaban J connectivity index is 1.56. The summed E-state index contributed by atoms with van der Waals surface area (Å²) in [6, 6.07) is 11.8. The standard InChI is InChI=1S/C21H27N3O/c25-20-13-19(17-7-3-1-4-8-17)23-14-18(20)15-24-12-11-22-16-21(24)9-5-2-6-10-21/h1,3-4,7-8,13-14,22H,2,5-6,9-12,15-16H2,(H,23,25). The molecule has 4 rings (SSSR count). The first-order chi connectivity index (χ1) is 12.3. The van der Waals surface area contributed by atoms with Crippen LogP contribution in [0.2, 0.25) is 0 Å². The van der Waals surface area contributed by atoms with Crippen molar-refractivity contribution in [1.82, 2.24) is 15.2 Å². The lowest BCUT2D eigenvalue weighted by Crippen LogP contribution is -2.61. The van der Waals surface area contributed by atoms with E-state index >= 15 is 0 Å². The van der Waals surface area contributed by atoms with Crippen molar-refractivity contribution in [3.63, 3.8) is 0 Å². The molecular formula is C21H27N3O. The molecule has 1 aliphatic carbocycles. The molecule has 25 heavy (non-hydrogen) atoms. The summed E-state index contributed by atoms with van der Waals surface area (Å²) in [5.41, 5.74) is 3.22. The lowest BCUT2D eigenvalue weighted by Gasteiger charge is -2.50. The SMILES string of the molecule is O=c1cc(-c2ccccc2)[nH]cc1CN1CCNCC12CCCCC2. The molecule has 1 spiro atoms. The minimum atomic E-state index is 0.141. The number of hydrogen-bond acceptors (Lipinski definition) is 3. The molecule has 2 fully saturated rings. The van der Waals surface area contributed by atoms with E-state index in [0.717, 1.165) is 43.0 Å². The third-order valence-electron chi connectivity index (χ3n) is 5.91. The van der Waals surface area contributed by atoms with Gasteiger partial charge in [0, 0.05) is 55.2 Å². The number of aromatic nitrogens is 1. The second kappa shape index (κ2) is 7.14. The van der Waals surface area contributed by atoms with Gasteiger partial charge in [0.1, 0.15) is 0 Å². The summed E-state index contributed by atoms with van der Waals surface area (Å²) < 4.78 is 0. The highest BCUT2D eigenvalue weighted by Crippen LogP contribution is 2.35. The number of nitrogens with one attached hydrogen (secondary N) is 2. The van der Waals surface area contributed by atoms with Gasteiger partial charge in [0.2, 0.25) is 0 Å². The van der Waals surface area contributed by atoms with E-state index in [-0.39, 0.29) is 11.0 Å². The van der Waals surface area contributed by atoms with Crippen molar-refractivity contribution < 1.29 is 0 Å². The van der Waals surface area contributed by atoms with Gasteiger partial charge in [0.25, 0.3) is 0 Å². The van der Waals surface area contributed by atoms with Crippen LogP contribution in [0.25, 0.3) is 11.3 Å². The highest BCUT2D eigenvalue weighted by Gasteiger charge is 2.39. The summed E-state index contributed by atoms with van der Waals surface area (Å²) in [5, 5.41) is 3.58. The quantitative estimate of drug-likeness (QED) is 0.904. The Kier molecular flexibility index (Phi) is 4.73. The van der Waals surface area contributed by atoms with E-state index in [2.05, 4.69) is 15.2 Å². The Morgan fingerprint density at radius 2 is 1.88 bits per heavy atom. The smallest absolute Gasteiger partial charge is 0.186 e. The van der Waals surface area contributed by atoms with Crippen LogP contribution in [0.5, 0.6) is 0 Å². The Labute approximate surface area is 149 Å². The summed E-state index contributed by atoms with van der Waals surface area (Å²) in [5.74, 6) is 0. The maximum atomic E-state index is 12.7. The molecule has 1 saturated carbocycles. The molecule has 2 heterocycles. The molecule has 0 amide bonds. The van der Waals surface area contributed by atoms with Gasteiger partial charge in [-0.05, 0) is 18.4 Å². The molecule has 1 aromatic carbocycles. The van der Waals surface area contributed by atoms with Crippen LogP contribution in [0.15, 0.2) is 47.4 Å². The van der Waals surface area contributed by atoms with Gasteiger partial charge >= 0.3 is 0 Å². The molecule has 4 nitrogen and oxygen atoms in total. The second-order valence-electron chi connectivity index (χ2n) is 7.49. The van der Waals surface area contributed by atoms with Crippen molar-refractivity contribution in [2.75, 3.05) is 19.6 Å². The van der Waals surface area contributed by atoms with Crippen LogP contribution >= 0.6 is 0 Å². The molecule has 0 unspecified atom stereocenters. The van der Waals surface area contributed by atoms with Crippen molar-refractivity contribution >= 4 is 0 Å². The molecule has 1 saturated heterocycles. The Morgan fingerprint density at radius 1 is 1.08 bits per heavy atom. The summed E-state index contributed by atoms with van der Waals surface area (Å²) in [4.78, 5) is 18.6. The molecule has 1 aliphatic heterocycles. The van der Waals surface area contributed by atoms with Gasteiger partial charge in [0.05, 0.1) is 0 Å². The number of rotatable bonds is 3. The monoisotopic (exact) mass is 337 g/mol. The van der Waals surface area contributed by atoms with Crippen molar-refractivity contribution in [2.45, 2.75) is 44.2 Å². The minimum Gasteiger partial charge on any atom is -0.361 e. The lowest BCUT2D eigenvalue weighted by atomic mass is 9.79. The van der Waals surface area contributed by atoms with Crippen molar-refractivity contribution in [2.24, 2.45) is 0 Å². The third kappa shape index (κ3) is 3.42. The van der Waals surface area contributed by atoms with E-state index in [1.807, 2.05) is 36.5 Å². The molecule has 0 radical (unpaired) electrons. The van der Waals surface area contributed by atoms with E-state index in [9.17, 15) is 4.79 Å². The fourth-order valence-electron chi connectivity index (χ4n) is 4.45. The first-order valence-electron chi connectivity index (χ1n) is 9.50. The van der Waals surface area contributed by atoms with Crippen molar-refractivity contribution in [3.8, 4) is 11.3 Å². The van der Waals surface area contributed by atoms with Crippen LogP contribution < -0.4 is 10.7 Å². The second-order valence-corrected chi connectivity index (χ2v) is 7.49. The van der Waals surface area contributed by atoms with E-state index in [1.165, 1.54) is 32.1 Å². The molecule has 132 valence electrons. The normalized spacial score (nSPS) is 20.6. The number of nitrogens with zero attached hydrogens (tertiary/aromatic N) is 1. The summed E-state index contributed by atoms with van der Waals surface area (Å²) in [6.45, 7) is 3.86. The minimum absolute atomic E-state index is 0.141. The van der Waals surface area contributed by atoms with Gasteiger partial charge in [-0.15, -0.1) is 0 Å². The van der Waals surface area contributed by atoms with Crippen LogP contribution in [0, 0.1) is 0 Å². The fourth-order valence-corrected chi connectivity index (χ4v) is 4.45. The number of hydrogen-bond donors (Lipinski definition) is 2. The summed E-state index contributed by atoms with van der Waals surface area (Å²) >= 11 is 0. The largest absolute Gasteiger partial charge is 0.361 e. The van der Waals surface area contributed by atoms with Crippen molar-refractivity contribution in [1.29, 1.82) is 0 Å². The predicted molar refractivity (Wildman–Crippen MR) is 102 cm³/mol. The number of benzene rings is 1. The summed E-state index contributed by atoms with van der Waals surface area (Å²) in [6.07, 6.45) is 8.38. The van der Waals surface area contributed by atoms with E-state index in [1.54, 1.807) is 6.07 Å². The number of piperazine rings is 1. The maximum absolute atomic E-state index is 12.7. The molecule has 2 aliphatic rings. The topological polar surface area (TPSA) is 48.1 Å². The van der Waals surface area contributed by atoms with Crippen LogP contribution in [-0.2, 0) is 6.54 Å². The van der Waals surface area contributed by atoms with Crippen molar-refractivity contribution in [3.05, 3.63) is 58.4 Å². The molecule has 4 heteroatoms. The van der Waals surface area contributed by atoms with Gasteiger partial charge in [-0.2, -0.15) is 0 Å². The first-order valence-corrected chi connectivity index (χ1v) is 9.50. The average Bonchev–Trinajstić information content (AvgIpc) is 2.66. The Morgan fingerprint density at radius 3 is 2.64 bits per heavy atom. The van der Waals surface area contributed by atoms with Crippen LogP contribution in [-0.4, -0.2) is 35.1 Å².